The number of carbonyl (C=O) groups is 9. The number of nitrogens with two attached hydrogens (primary N) is 1. The maximum Gasteiger partial charge on any atom is 0.410 e. The van der Waals surface area contributed by atoms with Gasteiger partial charge in [0.2, 0.25) is 17.7 Å². The van der Waals surface area contributed by atoms with Gasteiger partial charge in [0, 0.05) is 61.7 Å². The summed E-state index contributed by atoms with van der Waals surface area (Å²) in [6.45, 7) is 8.38. The zero-order valence-electron chi connectivity index (χ0n) is 45.9. The molecule has 9 amide bonds. The first kappa shape index (κ1) is 62.5. The summed E-state index contributed by atoms with van der Waals surface area (Å²) in [5.41, 5.74) is 5.17. The van der Waals surface area contributed by atoms with Gasteiger partial charge >= 0.3 is 18.1 Å². The van der Waals surface area contributed by atoms with Gasteiger partial charge < -0.3 is 56.3 Å². The van der Waals surface area contributed by atoms with E-state index in [-0.39, 0.29) is 68.4 Å². The lowest BCUT2D eigenvalue weighted by Crippen LogP contribution is -2.55. The van der Waals surface area contributed by atoms with Crippen LogP contribution in [0.2, 0.25) is 0 Å². The number of aromatic nitrogens is 2. The highest BCUT2D eigenvalue weighted by atomic mass is 19.1. The first-order valence-corrected chi connectivity index (χ1v) is 26.2. The third-order valence-corrected chi connectivity index (χ3v) is 13.6. The van der Waals surface area contributed by atoms with Crippen LogP contribution in [0.25, 0.3) is 11.3 Å². The number of carboxylic acids is 1. The molecule has 6 rings (SSSR count). The molecule has 1 aromatic heterocycles. The second kappa shape index (κ2) is 27.2. The number of nitrogens with one attached hydrogen (secondary N) is 4. The summed E-state index contributed by atoms with van der Waals surface area (Å²) in [6.07, 6.45) is -1.80. The standard InChI is InChI=1S/C56H66F4N10O12/c1-30(2)47(66-44(72)23-43(53(78)79)70-45(73)18-19-46(70)74)51(76)65-41(11-8-20-62-54(61)80)50(75)63-37-15-12-32(13-16-37)29-82-55(81)68-25-34(40(60)27-68)26-69(52(77)31(3)71)48(56(4,5)6)49-64-42(38-22-36(58)14-17-39(38)59)28-67(49)24-33-9-7-10-35(57)21-33/h7,9-10,12-19,21-22,28,30-31,34,40-41,43,47-48,71H,8,11,20,23-27,29H2,1-6H3,(H,63,75)(H,65,76)(H,66,72)(H,78,79)(H3,61,62,80)/t31-,34-,40-,41-,43-,47?,48-/m0/s1. The molecule has 7 atom stereocenters. The summed E-state index contributed by atoms with van der Waals surface area (Å²) in [6, 6.07) is 8.12. The van der Waals surface area contributed by atoms with Crippen LogP contribution in [0.4, 0.5) is 32.8 Å². The number of hydrogen-bond donors (Lipinski definition) is 7. The van der Waals surface area contributed by atoms with E-state index in [1.165, 1.54) is 60.5 Å². The molecule has 3 heterocycles. The van der Waals surface area contributed by atoms with Crippen LogP contribution < -0.4 is 27.0 Å². The highest BCUT2D eigenvalue weighted by molar-refractivity contribution is 6.15. The van der Waals surface area contributed by atoms with Gasteiger partial charge in [0.15, 0.2) is 0 Å². The van der Waals surface area contributed by atoms with Crippen LogP contribution in [0, 0.1) is 34.7 Å². The van der Waals surface area contributed by atoms with Crippen molar-refractivity contribution in [3.63, 3.8) is 0 Å². The lowest BCUT2D eigenvalue weighted by Gasteiger charge is -2.41. The second-order valence-corrected chi connectivity index (χ2v) is 21.4. The first-order chi connectivity index (χ1) is 38.6. The third-order valence-electron chi connectivity index (χ3n) is 13.6. The number of aliphatic hydroxyl groups is 1. The van der Waals surface area contributed by atoms with Crippen LogP contribution in [0.15, 0.2) is 85.1 Å². The molecule has 3 aromatic carbocycles. The number of carboxylic acid groups (broad SMARTS) is 1. The fourth-order valence-electron chi connectivity index (χ4n) is 9.54. The number of urea groups is 1. The quantitative estimate of drug-likeness (QED) is 0.0285. The van der Waals surface area contributed by atoms with Crippen LogP contribution in [-0.4, -0.2) is 145 Å². The number of aliphatic carboxylic acids is 1. The Bertz CT molecular complexity index is 3060. The number of amides is 9. The average molecular weight is 1150 g/mol. The molecule has 1 fully saturated rings. The predicted molar refractivity (Wildman–Crippen MR) is 286 cm³/mol. The molecule has 440 valence electrons. The number of alkyl halides is 1. The number of ether oxygens (including phenoxy) is 1. The van der Waals surface area contributed by atoms with Crippen LogP contribution in [0.5, 0.6) is 0 Å². The third kappa shape index (κ3) is 16.2. The normalized spacial score (nSPS) is 17.0. The predicted octanol–water partition coefficient (Wildman–Crippen LogP) is 4.70. The van der Waals surface area contributed by atoms with E-state index < -0.39 is 138 Å². The van der Waals surface area contributed by atoms with E-state index in [9.17, 15) is 62.1 Å². The number of rotatable bonds is 24. The number of imidazole rings is 1. The summed E-state index contributed by atoms with van der Waals surface area (Å²) in [5, 5.41) is 30.6. The fourth-order valence-corrected chi connectivity index (χ4v) is 9.54. The van der Waals surface area contributed by atoms with Crippen molar-refractivity contribution in [3.05, 3.63) is 119 Å². The van der Waals surface area contributed by atoms with E-state index in [1.54, 1.807) is 45.3 Å². The second-order valence-electron chi connectivity index (χ2n) is 21.4. The Morgan fingerprint density at radius 2 is 1.55 bits per heavy atom. The number of nitrogens with zero attached hydrogens (tertiary/aromatic N) is 5. The average Bonchev–Trinajstić information content (AvgIpc) is 3.30. The Morgan fingerprint density at radius 1 is 0.878 bits per heavy atom. The number of benzene rings is 3. The van der Waals surface area contributed by atoms with E-state index in [4.69, 9.17) is 15.5 Å². The molecule has 82 heavy (non-hydrogen) atoms. The minimum absolute atomic E-state index is 0.00848. The highest BCUT2D eigenvalue weighted by Crippen LogP contribution is 2.41. The Hall–Kier alpha value is -8.68. The maximum absolute atomic E-state index is 16.2. The lowest BCUT2D eigenvalue weighted by molar-refractivity contribution is -0.154. The van der Waals surface area contributed by atoms with Crippen molar-refractivity contribution < 1.29 is 75.7 Å². The Labute approximate surface area is 469 Å². The zero-order chi connectivity index (χ0) is 60.3. The molecule has 26 heteroatoms. The van der Waals surface area contributed by atoms with Crippen LogP contribution in [-0.2, 0) is 51.5 Å². The lowest BCUT2D eigenvalue weighted by atomic mass is 9.84. The largest absolute Gasteiger partial charge is 0.480 e. The van der Waals surface area contributed by atoms with Crippen LogP contribution in [0.1, 0.15) is 83.8 Å². The summed E-state index contributed by atoms with van der Waals surface area (Å²) in [5.74, 6) is -10.4. The molecular formula is C56H66F4N10O12. The first-order valence-electron chi connectivity index (χ1n) is 26.2. The van der Waals surface area contributed by atoms with Crippen molar-refractivity contribution in [2.24, 2.45) is 23.0 Å². The Kier molecular flexibility index (Phi) is 20.7. The number of imide groups is 1. The number of likely N-dealkylation sites (tertiary alicyclic amines) is 1. The van der Waals surface area contributed by atoms with Gasteiger partial charge in [0.1, 0.15) is 60.3 Å². The van der Waals surface area contributed by atoms with E-state index in [0.29, 0.717) is 16.0 Å². The van der Waals surface area contributed by atoms with E-state index in [2.05, 4.69) is 21.3 Å². The smallest absolute Gasteiger partial charge is 0.410 e. The molecule has 0 spiro atoms. The molecule has 22 nitrogen and oxygen atoms in total. The van der Waals surface area contributed by atoms with Gasteiger partial charge in [-0.3, -0.25) is 33.7 Å². The molecule has 0 saturated carbocycles. The molecule has 1 unspecified atom stereocenters. The highest BCUT2D eigenvalue weighted by Gasteiger charge is 2.45. The van der Waals surface area contributed by atoms with Gasteiger partial charge in [-0.05, 0) is 84.7 Å². The molecule has 0 radical (unpaired) electrons. The zero-order valence-corrected chi connectivity index (χ0v) is 45.9. The SMILES string of the molecule is CC(C)C(NC(=O)C[C@@H](C(=O)O)N1C(=O)C=CC1=O)C(=O)N[C@@H](CCCNC(N)=O)C(=O)Nc1ccc(COC(=O)N2C[C@@H](CN(C(=O)[C@H](C)O)[C@@H](c3nc(-c4cc(F)ccc4F)cn3Cc3cccc(F)c3)C(C)(C)C)[C@@H](F)C2)cc1. The number of anilines is 1. The molecule has 8 N–H and O–H groups in total. The van der Waals surface area contributed by atoms with Crippen LogP contribution >= 0.6 is 0 Å². The summed E-state index contributed by atoms with van der Waals surface area (Å²) in [7, 11) is 0. The molecule has 4 aromatic rings. The van der Waals surface area contributed by atoms with Gasteiger partial charge in [-0.2, -0.15) is 0 Å². The molecular weight excluding hydrogens is 1080 g/mol. The number of primary amides is 1. The summed E-state index contributed by atoms with van der Waals surface area (Å²) >= 11 is 0. The van der Waals surface area contributed by atoms with Crippen molar-refractivity contribution in [1.29, 1.82) is 0 Å². The van der Waals surface area contributed by atoms with Crippen molar-refractivity contribution in [2.45, 2.75) is 110 Å². The Morgan fingerprint density at radius 3 is 2.16 bits per heavy atom. The topological polar surface area (TPSA) is 305 Å². The Balaban J connectivity index is 1.12. The fraction of sp³-hybridized carbons (Fsp3) is 0.429. The van der Waals surface area contributed by atoms with Gasteiger partial charge in [-0.15, -0.1) is 0 Å². The molecule has 0 bridgehead atoms. The van der Waals surface area contributed by atoms with E-state index in [1.807, 2.05) is 0 Å². The van der Waals surface area contributed by atoms with Gasteiger partial charge in [-0.25, -0.2) is 36.9 Å². The van der Waals surface area contributed by atoms with Crippen molar-refractivity contribution in [3.8, 4) is 11.3 Å². The molecule has 2 aliphatic heterocycles. The van der Waals surface area contributed by atoms with E-state index >= 15 is 8.78 Å². The minimum atomic E-state index is -1.87. The number of carbonyl (C=O) groups excluding carboxylic acids is 8. The summed E-state index contributed by atoms with van der Waals surface area (Å²) in [4.78, 5) is 123. The van der Waals surface area contributed by atoms with Gasteiger partial charge in [0.05, 0.1) is 24.7 Å². The number of halogens is 4. The van der Waals surface area contributed by atoms with Crippen molar-refractivity contribution in [1.82, 2.24) is 40.2 Å². The van der Waals surface area contributed by atoms with E-state index in [0.717, 1.165) is 35.3 Å². The summed E-state index contributed by atoms with van der Waals surface area (Å²) < 4.78 is 67.6. The monoisotopic (exact) mass is 1150 g/mol. The van der Waals surface area contributed by atoms with Gasteiger partial charge in [-0.1, -0.05) is 58.9 Å². The molecule has 0 aliphatic carbocycles. The molecule has 2 aliphatic rings. The molecule has 1 saturated heterocycles. The van der Waals surface area contributed by atoms with Crippen molar-refractivity contribution in [2.75, 3.05) is 31.5 Å². The van der Waals surface area contributed by atoms with Crippen molar-refractivity contribution >= 4 is 59.2 Å². The minimum Gasteiger partial charge on any atom is -0.480 e. The van der Waals surface area contributed by atoms with Gasteiger partial charge in [0.25, 0.3) is 17.7 Å². The number of aliphatic hydroxyl groups excluding tert-OH is 1. The number of hydrogen-bond acceptors (Lipinski definition) is 12. The van der Waals surface area contributed by atoms with Crippen LogP contribution in [0.3, 0.4) is 0 Å². The maximum atomic E-state index is 16.2.